The van der Waals surface area contributed by atoms with Crippen LogP contribution in [0.1, 0.15) is 64.9 Å². The Morgan fingerprint density at radius 2 is 1.78 bits per heavy atom. The molecule has 0 aromatic heterocycles. The number of methoxy groups -OCH3 is 1. The first-order valence-corrected chi connectivity index (χ1v) is 8.86. The van der Waals surface area contributed by atoms with Gasteiger partial charge in [-0.15, -0.1) is 0 Å². The Labute approximate surface area is 140 Å². The van der Waals surface area contributed by atoms with Crippen molar-refractivity contribution >= 4 is 5.91 Å². The maximum absolute atomic E-state index is 12.5. The number of hydrogen-bond donors (Lipinski definition) is 1. The van der Waals surface area contributed by atoms with Crippen LogP contribution in [0.15, 0.2) is 24.3 Å². The Balaban J connectivity index is 2.17. The van der Waals surface area contributed by atoms with Crippen LogP contribution in [-0.4, -0.2) is 19.6 Å². The van der Waals surface area contributed by atoms with Gasteiger partial charge in [0.15, 0.2) is 0 Å². The summed E-state index contributed by atoms with van der Waals surface area (Å²) >= 11 is 0. The van der Waals surface area contributed by atoms with Gasteiger partial charge >= 0.3 is 0 Å². The Morgan fingerprint density at radius 1 is 1.17 bits per heavy atom. The lowest BCUT2D eigenvalue weighted by molar-refractivity contribution is -0.129. The molecule has 0 bridgehead atoms. The van der Waals surface area contributed by atoms with Gasteiger partial charge in [0.05, 0.1) is 7.11 Å². The highest BCUT2D eigenvalue weighted by Crippen LogP contribution is 2.39. The van der Waals surface area contributed by atoms with Crippen molar-refractivity contribution in [2.45, 2.75) is 64.7 Å². The van der Waals surface area contributed by atoms with Crippen molar-refractivity contribution in [3.05, 3.63) is 29.8 Å². The van der Waals surface area contributed by atoms with Gasteiger partial charge in [0.2, 0.25) is 5.91 Å². The molecule has 1 amide bonds. The fourth-order valence-electron chi connectivity index (χ4n) is 3.39. The standard InChI is InChI=1S/C20H31NO2/c1-5-19(2,3)18(22)21-15-20(13-7-6-8-14-20)16-9-11-17(23-4)12-10-16/h9-12H,5-8,13-15H2,1-4H3,(H,21,22). The van der Waals surface area contributed by atoms with E-state index >= 15 is 0 Å². The van der Waals surface area contributed by atoms with Crippen LogP contribution < -0.4 is 10.1 Å². The minimum Gasteiger partial charge on any atom is -0.497 e. The number of nitrogens with one attached hydrogen (secondary N) is 1. The number of carbonyl (C=O) groups is 1. The summed E-state index contributed by atoms with van der Waals surface area (Å²) in [6.45, 7) is 6.84. The first-order chi connectivity index (χ1) is 10.9. The van der Waals surface area contributed by atoms with E-state index in [2.05, 4.69) is 24.4 Å². The second-order valence-corrected chi connectivity index (χ2v) is 7.49. The molecule has 0 heterocycles. The smallest absolute Gasteiger partial charge is 0.225 e. The third kappa shape index (κ3) is 4.07. The average Bonchev–Trinajstić information content (AvgIpc) is 2.60. The van der Waals surface area contributed by atoms with Crippen molar-refractivity contribution in [3.8, 4) is 5.75 Å². The molecule has 1 aliphatic rings. The van der Waals surface area contributed by atoms with E-state index in [-0.39, 0.29) is 16.7 Å². The summed E-state index contributed by atoms with van der Waals surface area (Å²) in [5.41, 5.74) is 1.10. The van der Waals surface area contributed by atoms with E-state index in [4.69, 9.17) is 4.74 Å². The van der Waals surface area contributed by atoms with Gasteiger partial charge in [0, 0.05) is 17.4 Å². The molecule has 1 N–H and O–H groups in total. The lowest BCUT2D eigenvalue weighted by atomic mass is 9.69. The highest BCUT2D eigenvalue weighted by Gasteiger charge is 2.35. The summed E-state index contributed by atoms with van der Waals surface area (Å²) in [5, 5.41) is 3.24. The van der Waals surface area contributed by atoms with Gasteiger partial charge in [-0.2, -0.15) is 0 Å². The zero-order valence-corrected chi connectivity index (χ0v) is 15.1. The minimum absolute atomic E-state index is 0.0734. The van der Waals surface area contributed by atoms with Gasteiger partial charge in [0.1, 0.15) is 5.75 Å². The molecule has 3 nitrogen and oxygen atoms in total. The lowest BCUT2D eigenvalue weighted by Crippen LogP contribution is -2.46. The molecule has 1 aromatic carbocycles. The van der Waals surface area contributed by atoms with Gasteiger partial charge in [-0.1, -0.05) is 52.2 Å². The van der Waals surface area contributed by atoms with Crippen molar-refractivity contribution in [1.29, 1.82) is 0 Å². The molecule has 3 heteroatoms. The second-order valence-electron chi connectivity index (χ2n) is 7.49. The molecule has 1 aromatic rings. The summed E-state index contributed by atoms with van der Waals surface area (Å²) in [5.74, 6) is 1.05. The summed E-state index contributed by atoms with van der Waals surface area (Å²) in [7, 11) is 1.69. The monoisotopic (exact) mass is 317 g/mol. The predicted octanol–water partition coefficient (Wildman–Crippen LogP) is 4.45. The van der Waals surface area contributed by atoms with Crippen LogP contribution >= 0.6 is 0 Å². The van der Waals surface area contributed by atoms with Crippen molar-refractivity contribution in [2.75, 3.05) is 13.7 Å². The molecule has 23 heavy (non-hydrogen) atoms. The fourth-order valence-corrected chi connectivity index (χ4v) is 3.39. The van der Waals surface area contributed by atoms with E-state index < -0.39 is 0 Å². The third-order valence-corrected chi connectivity index (χ3v) is 5.60. The zero-order valence-electron chi connectivity index (χ0n) is 15.1. The van der Waals surface area contributed by atoms with Gasteiger partial charge in [-0.05, 0) is 37.0 Å². The van der Waals surface area contributed by atoms with Gasteiger partial charge in [-0.25, -0.2) is 0 Å². The summed E-state index contributed by atoms with van der Waals surface area (Å²) in [4.78, 5) is 12.5. The average molecular weight is 317 g/mol. The quantitative estimate of drug-likeness (QED) is 0.842. The lowest BCUT2D eigenvalue weighted by Gasteiger charge is -2.39. The maximum Gasteiger partial charge on any atom is 0.225 e. The van der Waals surface area contributed by atoms with Crippen molar-refractivity contribution in [2.24, 2.45) is 5.41 Å². The van der Waals surface area contributed by atoms with E-state index in [0.29, 0.717) is 0 Å². The largest absolute Gasteiger partial charge is 0.497 e. The van der Waals surface area contributed by atoms with E-state index in [9.17, 15) is 4.79 Å². The van der Waals surface area contributed by atoms with Crippen LogP contribution in [0.3, 0.4) is 0 Å². The molecule has 1 aliphatic carbocycles. The number of ether oxygens (including phenoxy) is 1. The van der Waals surface area contributed by atoms with E-state index in [1.54, 1.807) is 7.11 Å². The number of amides is 1. The molecule has 128 valence electrons. The van der Waals surface area contributed by atoms with Gasteiger partial charge < -0.3 is 10.1 Å². The number of rotatable bonds is 6. The number of hydrogen-bond acceptors (Lipinski definition) is 2. The first kappa shape index (κ1) is 17.8. The highest BCUT2D eigenvalue weighted by atomic mass is 16.5. The molecule has 0 atom stereocenters. The fraction of sp³-hybridized carbons (Fsp3) is 0.650. The van der Waals surface area contributed by atoms with Crippen molar-refractivity contribution in [1.82, 2.24) is 5.32 Å². The Kier molecular flexibility index (Phi) is 5.72. The van der Waals surface area contributed by atoms with Crippen LogP contribution in [0.25, 0.3) is 0 Å². The molecule has 1 saturated carbocycles. The molecule has 0 saturated heterocycles. The molecule has 0 aliphatic heterocycles. The first-order valence-electron chi connectivity index (χ1n) is 8.86. The van der Waals surface area contributed by atoms with E-state index in [0.717, 1.165) is 31.6 Å². The van der Waals surface area contributed by atoms with Crippen LogP contribution in [-0.2, 0) is 10.2 Å². The van der Waals surface area contributed by atoms with Crippen LogP contribution in [0.4, 0.5) is 0 Å². The van der Waals surface area contributed by atoms with Crippen LogP contribution in [0, 0.1) is 5.41 Å². The second kappa shape index (κ2) is 7.37. The summed E-state index contributed by atoms with van der Waals surface area (Å²) in [6, 6.07) is 8.40. The Bertz CT molecular complexity index is 513. The molecule has 2 rings (SSSR count). The van der Waals surface area contributed by atoms with Gasteiger partial charge in [-0.3, -0.25) is 4.79 Å². The summed E-state index contributed by atoms with van der Waals surface area (Å²) in [6.07, 6.45) is 6.91. The molecular formula is C20H31NO2. The Hall–Kier alpha value is -1.51. The molecule has 0 unspecified atom stereocenters. The SMILES string of the molecule is CCC(C)(C)C(=O)NCC1(c2ccc(OC)cc2)CCCCC1. The highest BCUT2D eigenvalue weighted by molar-refractivity contribution is 5.81. The predicted molar refractivity (Wildman–Crippen MR) is 94.8 cm³/mol. The van der Waals surface area contributed by atoms with Crippen molar-refractivity contribution in [3.63, 3.8) is 0 Å². The third-order valence-electron chi connectivity index (χ3n) is 5.60. The minimum atomic E-state index is -0.296. The maximum atomic E-state index is 12.5. The van der Waals surface area contributed by atoms with Crippen LogP contribution in [0.2, 0.25) is 0 Å². The molecular weight excluding hydrogens is 286 g/mol. The zero-order chi connectivity index (χ0) is 16.9. The normalized spacial score (nSPS) is 17.6. The molecule has 1 fully saturated rings. The van der Waals surface area contributed by atoms with Crippen LogP contribution in [0.5, 0.6) is 5.75 Å². The molecule has 0 radical (unpaired) electrons. The van der Waals surface area contributed by atoms with Gasteiger partial charge in [0.25, 0.3) is 0 Å². The van der Waals surface area contributed by atoms with E-state index in [1.165, 1.54) is 24.8 Å². The Morgan fingerprint density at radius 3 is 2.30 bits per heavy atom. The number of carbonyl (C=O) groups excluding carboxylic acids is 1. The summed E-state index contributed by atoms with van der Waals surface area (Å²) < 4.78 is 5.28. The molecule has 0 spiro atoms. The van der Waals surface area contributed by atoms with E-state index in [1.807, 2.05) is 26.0 Å². The van der Waals surface area contributed by atoms with Crippen molar-refractivity contribution < 1.29 is 9.53 Å². The topological polar surface area (TPSA) is 38.3 Å². The number of benzene rings is 1.